The molecule has 1 atom stereocenters. The van der Waals surface area contributed by atoms with Crippen molar-refractivity contribution < 1.29 is 9.18 Å². The fraction of sp³-hybridized carbons (Fsp3) is 0.333. The number of benzene rings is 1. The maximum absolute atomic E-state index is 13.3. The van der Waals surface area contributed by atoms with Gasteiger partial charge in [-0.1, -0.05) is 12.1 Å². The van der Waals surface area contributed by atoms with E-state index in [2.05, 4.69) is 15.2 Å². The number of carbonyl (C=O) groups excluding carboxylic acids is 1. The minimum Gasteiger partial charge on any atom is -0.384 e. The Kier molecular flexibility index (Phi) is 8.78. The van der Waals surface area contributed by atoms with Crippen LogP contribution in [0.1, 0.15) is 18.4 Å². The summed E-state index contributed by atoms with van der Waals surface area (Å²) in [4.78, 5) is 18.6. The largest absolute Gasteiger partial charge is 0.384 e. The summed E-state index contributed by atoms with van der Waals surface area (Å²) in [5, 5.41) is 2.89. The van der Waals surface area contributed by atoms with Gasteiger partial charge in [-0.3, -0.25) is 9.69 Å². The first-order valence-electron chi connectivity index (χ1n) is 8.09. The molecule has 0 saturated carbocycles. The lowest BCUT2D eigenvalue weighted by Crippen LogP contribution is -2.40. The van der Waals surface area contributed by atoms with E-state index in [9.17, 15) is 9.18 Å². The number of nitrogens with one attached hydrogen (secondary N) is 1. The Morgan fingerprint density at radius 2 is 2.12 bits per heavy atom. The zero-order chi connectivity index (χ0) is 16.9. The van der Waals surface area contributed by atoms with Crippen LogP contribution in [0.5, 0.6) is 0 Å². The summed E-state index contributed by atoms with van der Waals surface area (Å²) >= 11 is 0. The number of hydrogen-bond donors (Lipinski definition) is 2. The molecule has 3 rings (SSSR count). The minimum absolute atomic E-state index is 0. The number of halogens is 3. The molecule has 0 spiro atoms. The van der Waals surface area contributed by atoms with Crippen LogP contribution in [0.2, 0.25) is 0 Å². The van der Waals surface area contributed by atoms with Gasteiger partial charge < -0.3 is 11.1 Å². The fourth-order valence-electron chi connectivity index (χ4n) is 3.03. The smallest absolute Gasteiger partial charge is 0.228 e. The summed E-state index contributed by atoms with van der Waals surface area (Å²) in [7, 11) is 0. The van der Waals surface area contributed by atoms with Crippen LogP contribution in [-0.4, -0.2) is 28.9 Å². The number of aromatic nitrogens is 1. The van der Waals surface area contributed by atoms with Gasteiger partial charge in [-0.2, -0.15) is 0 Å². The van der Waals surface area contributed by atoms with Crippen LogP contribution < -0.4 is 11.1 Å². The Morgan fingerprint density at radius 1 is 1.31 bits per heavy atom. The second-order valence-electron chi connectivity index (χ2n) is 6.17. The van der Waals surface area contributed by atoms with Crippen LogP contribution in [0.4, 0.5) is 15.9 Å². The molecule has 3 N–H and O–H groups in total. The topological polar surface area (TPSA) is 71.2 Å². The van der Waals surface area contributed by atoms with Crippen molar-refractivity contribution in [1.29, 1.82) is 0 Å². The lowest BCUT2D eigenvalue weighted by molar-refractivity contribution is -0.121. The molecule has 1 aromatic carbocycles. The van der Waals surface area contributed by atoms with Crippen molar-refractivity contribution in [3.8, 4) is 0 Å². The SMILES string of the molecule is Cl.Cl.Nc1ccc(NC(=O)C2CCCN(Cc3cccc(F)c3)C2)cn1. The number of nitrogen functional groups attached to an aromatic ring is 1. The van der Waals surface area contributed by atoms with E-state index < -0.39 is 0 Å². The van der Waals surface area contributed by atoms with Gasteiger partial charge in [0.1, 0.15) is 11.6 Å². The van der Waals surface area contributed by atoms with Gasteiger partial charge in [0.2, 0.25) is 5.91 Å². The molecule has 2 aromatic rings. The predicted octanol–water partition coefficient (Wildman–Crippen LogP) is 3.50. The van der Waals surface area contributed by atoms with Crippen molar-refractivity contribution in [1.82, 2.24) is 9.88 Å². The zero-order valence-corrected chi connectivity index (χ0v) is 15.9. The van der Waals surface area contributed by atoms with Gasteiger partial charge in [0.05, 0.1) is 17.8 Å². The average molecular weight is 401 g/mol. The molecule has 0 aliphatic carbocycles. The van der Waals surface area contributed by atoms with Crippen LogP contribution in [0.15, 0.2) is 42.6 Å². The molecule has 1 saturated heterocycles. The third kappa shape index (κ3) is 6.12. The van der Waals surface area contributed by atoms with Crippen LogP contribution in [0, 0.1) is 11.7 Å². The Balaban J connectivity index is 0.00000169. The molecule has 1 aromatic heterocycles. The van der Waals surface area contributed by atoms with E-state index in [0.29, 0.717) is 24.6 Å². The zero-order valence-electron chi connectivity index (χ0n) is 14.2. The molecule has 8 heteroatoms. The third-order valence-corrected chi connectivity index (χ3v) is 4.23. The number of amides is 1. The van der Waals surface area contributed by atoms with Crippen molar-refractivity contribution in [3.05, 3.63) is 54.0 Å². The summed E-state index contributed by atoms with van der Waals surface area (Å²) in [6.45, 7) is 2.25. The van der Waals surface area contributed by atoms with E-state index in [1.807, 2.05) is 6.07 Å². The first kappa shape index (κ1) is 22.2. The van der Waals surface area contributed by atoms with Crippen LogP contribution >= 0.6 is 24.8 Å². The molecular formula is C18H23Cl2FN4O. The maximum atomic E-state index is 13.3. The van der Waals surface area contributed by atoms with E-state index in [1.165, 1.54) is 6.07 Å². The number of nitrogens with zero attached hydrogens (tertiary/aromatic N) is 2. The number of hydrogen-bond acceptors (Lipinski definition) is 4. The Bertz CT molecular complexity index is 715. The van der Waals surface area contributed by atoms with Gasteiger partial charge in [-0.15, -0.1) is 24.8 Å². The molecule has 0 radical (unpaired) electrons. The van der Waals surface area contributed by atoms with E-state index in [4.69, 9.17) is 5.73 Å². The van der Waals surface area contributed by atoms with Crippen molar-refractivity contribution in [2.75, 3.05) is 24.1 Å². The minimum atomic E-state index is -0.227. The molecule has 1 unspecified atom stereocenters. The molecule has 142 valence electrons. The van der Waals surface area contributed by atoms with Gasteiger partial charge in [0.15, 0.2) is 0 Å². The molecule has 26 heavy (non-hydrogen) atoms. The highest BCUT2D eigenvalue weighted by molar-refractivity contribution is 5.92. The molecule has 1 fully saturated rings. The predicted molar refractivity (Wildman–Crippen MR) is 106 cm³/mol. The van der Waals surface area contributed by atoms with E-state index in [1.54, 1.807) is 30.5 Å². The summed E-state index contributed by atoms with van der Waals surface area (Å²) in [6.07, 6.45) is 3.36. The van der Waals surface area contributed by atoms with Crippen LogP contribution in [0.25, 0.3) is 0 Å². The Labute approximate surface area is 165 Å². The van der Waals surface area contributed by atoms with E-state index >= 15 is 0 Å². The summed E-state index contributed by atoms with van der Waals surface area (Å²) in [5.41, 5.74) is 7.12. The van der Waals surface area contributed by atoms with Gasteiger partial charge in [0, 0.05) is 13.1 Å². The van der Waals surface area contributed by atoms with E-state index in [0.717, 1.165) is 24.9 Å². The van der Waals surface area contributed by atoms with Crippen molar-refractivity contribution in [2.24, 2.45) is 5.92 Å². The second-order valence-corrected chi connectivity index (χ2v) is 6.17. The Hall–Kier alpha value is -1.89. The van der Waals surface area contributed by atoms with E-state index in [-0.39, 0.29) is 42.5 Å². The lowest BCUT2D eigenvalue weighted by Gasteiger charge is -2.32. The van der Waals surface area contributed by atoms with Crippen molar-refractivity contribution in [3.63, 3.8) is 0 Å². The fourth-order valence-corrected chi connectivity index (χ4v) is 3.03. The average Bonchev–Trinajstić information content (AvgIpc) is 2.57. The first-order chi connectivity index (χ1) is 11.6. The van der Waals surface area contributed by atoms with Crippen LogP contribution in [0.3, 0.4) is 0 Å². The highest BCUT2D eigenvalue weighted by Gasteiger charge is 2.26. The van der Waals surface area contributed by atoms with Crippen LogP contribution in [-0.2, 0) is 11.3 Å². The quantitative estimate of drug-likeness (QED) is 0.823. The monoisotopic (exact) mass is 400 g/mol. The molecule has 0 bridgehead atoms. The second kappa shape index (κ2) is 10.3. The number of likely N-dealkylation sites (tertiary alicyclic amines) is 1. The van der Waals surface area contributed by atoms with Crippen molar-refractivity contribution in [2.45, 2.75) is 19.4 Å². The summed E-state index contributed by atoms with van der Waals surface area (Å²) in [5.74, 6) is 0.108. The number of anilines is 2. The normalized spacial score (nSPS) is 16.9. The number of pyridine rings is 1. The van der Waals surface area contributed by atoms with Gasteiger partial charge in [-0.25, -0.2) is 9.37 Å². The van der Waals surface area contributed by atoms with Gasteiger partial charge in [-0.05, 0) is 49.2 Å². The lowest BCUT2D eigenvalue weighted by atomic mass is 9.96. The third-order valence-electron chi connectivity index (χ3n) is 4.23. The van der Waals surface area contributed by atoms with Gasteiger partial charge >= 0.3 is 0 Å². The maximum Gasteiger partial charge on any atom is 0.228 e. The number of nitrogens with two attached hydrogens (primary N) is 1. The van der Waals surface area contributed by atoms with Crippen molar-refractivity contribution >= 4 is 42.2 Å². The molecule has 1 aliphatic heterocycles. The van der Waals surface area contributed by atoms with Gasteiger partial charge in [0.25, 0.3) is 0 Å². The number of rotatable bonds is 4. The molecule has 1 amide bonds. The first-order valence-corrected chi connectivity index (χ1v) is 8.09. The summed E-state index contributed by atoms with van der Waals surface area (Å²) in [6, 6.07) is 10.0. The molecule has 2 heterocycles. The number of piperidine rings is 1. The highest BCUT2D eigenvalue weighted by atomic mass is 35.5. The standard InChI is InChI=1S/C18H21FN4O.2ClH/c19-15-5-1-3-13(9-15)11-23-8-2-4-14(12-23)18(24)22-16-6-7-17(20)21-10-16;;/h1,3,5-7,9-10,14H,2,4,8,11-12H2,(H2,20,21)(H,22,24);2*1H. The molecular weight excluding hydrogens is 378 g/mol. The Morgan fingerprint density at radius 3 is 2.81 bits per heavy atom. The molecule has 1 aliphatic rings. The molecule has 5 nitrogen and oxygen atoms in total. The highest BCUT2D eigenvalue weighted by Crippen LogP contribution is 2.20. The number of carbonyl (C=O) groups is 1. The summed E-state index contributed by atoms with van der Waals surface area (Å²) < 4.78 is 13.3.